The van der Waals surface area contributed by atoms with Crippen LogP contribution in [0.4, 0.5) is 8.78 Å². The topological polar surface area (TPSA) is 47.9 Å². The van der Waals surface area contributed by atoms with E-state index in [-0.39, 0.29) is 5.75 Å². The zero-order chi connectivity index (χ0) is 18.8. The second-order valence-electron chi connectivity index (χ2n) is 5.72. The Morgan fingerprint density at radius 2 is 1.85 bits per heavy atom. The maximum atomic E-state index is 12.6. The summed E-state index contributed by atoms with van der Waals surface area (Å²) >= 11 is 6.32. The molecule has 2 aromatic heterocycles. The number of hydrogen-bond donors (Lipinski definition) is 0. The molecule has 0 saturated carbocycles. The Kier molecular flexibility index (Phi) is 4.64. The van der Waals surface area contributed by atoms with E-state index in [4.69, 9.17) is 11.6 Å². The minimum Gasteiger partial charge on any atom is -0.435 e. The van der Waals surface area contributed by atoms with Gasteiger partial charge in [-0.05, 0) is 42.0 Å². The molecule has 0 aliphatic rings. The van der Waals surface area contributed by atoms with Crippen LogP contribution in [0.2, 0.25) is 5.02 Å². The van der Waals surface area contributed by atoms with Crippen LogP contribution in [0.3, 0.4) is 0 Å². The maximum Gasteiger partial charge on any atom is 0.387 e. The van der Waals surface area contributed by atoms with Gasteiger partial charge in [-0.2, -0.15) is 8.78 Å². The van der Waals surface area contributed by atoms with Gasteiger partial charge in [0.25, 0.3) is 0 Å². The second kappa shape index (κ2) is 7.25. The van der Waals surface area contributed by atoms with E-state index in [2.05, 4.69) is 19.7 Å². The molecule has 4 rings (SSSR count). The lowest BCUT2D eigenvalue weighted by atomic mass is 9.98. The summed E-state index contributed by atoms with van der Waals surface area (Å²) in [5, 5.41) is 1.27. The summed E-state index contributed by atoms with van der Waals surface area (Å²) in [6.45, 7) is -2.91. The van der Waals surface area contributed by atoms with Crippen molar-refractivity contribution >= 4 is 22.5 Å². The first-order chi connectivity index (χ1) is 13.1. The van der Waals surface area contributed by atoms with Crippen LogP contribution in [0.25, 0.3) is 33.3 Å². The minimum absolute atomic E-state index is 0.0212. The zero-order valence-corrected chi connectivity index (χ0v) is 14.6. The molecule has 0 fully saturated rings. The molecule has 27 heavy (non-hydrogen) atoms. The van der Waals surface area contributed by atoms with Gasteiger partial charge in [-0.15, -0.1) is 0 Å². The quantitative estimate of drug-likeness (QED) is 0.459. The van der Waals surface area contributed by atoms with E-state index in [1.807, 2.05) is 24.3 Å². The van der Waals surface area contributed by atoms with Gasteiger partial charge in [0.1, 0.15) is 12.1 Å². The summed E-state index contributed by atoms with van der Waals surface area (Å²) in [5.74, 6) is 0.0212. The van der Waals surface area contributed by atoms with Crippen molar-refractivity contribution in [3.05, 3.63) is 72.3 Å². The van der Waals surface area contributed by atoms with E-state index >= 15 is 0 Å². The zero-order valence-electron chi connectivity index (χ0n) is 13.8. The molecule has 2 aromatic carbocycles. The summed E-state index contributed by atoms with van der Waals surface area (Å²) in [5.41, 5.74) is 3.59. The second-order valence-corrected chi connectivity index (χ2v) is 6.12. The largest absolute Gasteiger partial charge is 0.435 e. The lowest BCUT2D eigenvalue weighted by Gasteiger charge is -2.13. The van der Waals surface area contributed by atoms with Crippen molar-refractivity contribution in [3.63, 3.8) is 0 Å². The summed E-state index contributed by atoms with van der Waals surface area (Å²) in [4.78, 5) is 12.7. The highest BCUT2D eigenvalue weighted by atomic mass is 35.5. The first-order valence-corrected chi connectivity index (χ1v) is 8.39. The van der Waals surface area contributed by atoms with Crippen LogP contribution in [0.5, 0.6) is 5.75 Å². The van der Waals surface area contributed by atoms with Gasteiger partial charge in [0.15, 0.2) is 0 Å². The van der Waals surface area contributed by atoms with Crippen molar-refractivity contribution in [2.24, 2.45) is 0 Å². The molecule has 4 nitrogen and oxygen atoms in total. The van der Waals surface area contributed by atoms with E-state index in [1.54, 1.807) is 18.5 Å². The number of ether oxygens (including phenoxy) is 1. The highest BCUT2D eigenvalue weighted by molar-refractivity contribution is 6.33. The molecule has 0 bridgehead atoms. The molecule has 4 aromatic rings. The average molecular weight is 384 g/mol. The summed E-state index contributed by atoms with van der Waals surface area (Å²) in [7, 11) is 0. The third kappa shape index (κ3) is 3.57. The molecule has 2 heterocycles. The van der Waals surface area contributed by atoms with Crippen LogP contribution in [0.1, 0.15) is 0 Å². The Morgan fingerprint density at radius 1 is 0.963 bits per heavy atom. The van der Waals surface area contributed by atoms with Gasteiger partial charge in [-0.1, -0.05) is 23.7 Å². The Bertz CT molecular complexity index is 1120. The first kappa shape index (κ1) is 17.3. The predicted octanol–water partition coefficient (Wildman–Crippen LogP) is 5.61. The summed E-state index contributed by atoms with van der Waals surface area (Å²) in [6, 6.07) is 13.8. The average Bonchev–Trinajstić information content (AvgIpc) is 2.69. The Morgan fingerprint density at radius 3 is 2.70 bits per heavy atom. The first-order valence-electron chi connectivity index (χ1n) is 8.02. The maximum absolute atomic E-state index is 12.6. The highest BCUT2D eigenvalue weighted by Crippen LogP contribution is 2.37. The SMILES string of the molecule is FC(F)Oc1ccc(Cl)c(-c2ncccc2-c2ccc3ncncc3c2)c1. The number of hydrogen-bond acceptors (Lipinski definition) is 4. The number of nitrogens with zero attached hydrogens (tertiary/aromatic N) is 3. The van der Waals surface area contributed by atoms with Crippen molar-refractivity contribution in [1.29, 1.82) is 0 Å². The van der Waals surface area contributed by atoms with Crippen LogP contribution in [0, 0.1) is 0 Å². The molecular weight excluding hydrogens is 372 g/mol. The van der Waals surface area contributed by atoms with Crippen molar-refractivity contribution < 1.29 is 13.5 Å². The van der Waals surface area contributed by atoms with E-state index < -0.39 is 6.61 Å². The summed E-state index contributed by atoms with van der Waals surface area (Å²) < 4.78 is 29.6. The third-order valence-electron chi connectivity index (χ3n) is 4.04. The van der Waals surface area contributed by atoms with Gasteiger partial charge in [-0.25, -0.2) is 9.97 Å². The van der Waals surface area contributed by atoms with Gasteiger partial charge < -0.3 is 4.74 Å². The van der Waals surface area contributed by atoms with Gasteiger partial charge in [-0.3, -0.25) is 4.98 Å². The predicted molar refractivity (Wildman–Crippen MR) is 99.8 cm³/mol. The van der Waals surface area contributed by atoms with Crippen LogP contribution < -0.4 is 4.74 Å². The molecule has 0 N–H and O–H groups in total. The highest BCUT2D eigenvalue weighted by Gasteiger charge is 2.15. The van der Waals surface area contributed by atoms with Gasteiger partial charge in [0, 0.05) is 28.9 Å². The molecular formula is C20H12ClF2N3O. The molecule has 0 atom stereocenters. The van der Waals surface area contributed by atoms with Crippen molar-refractivity contribution in [1.82, 2.24) is 15.0 Å². The number of fused-ring (bicyclic) bond motifs is 1. The number of alkyl halides is 2. The van der Waals surface area contributed by atoms with E-state index in [0.29, 0.717) is 16.3 Å². The lowest BCUT2D eigenvalue weighted by molar-refractivity contribution is -0.0498. The Balaban J connectivity index is 1.86. The number of rotatable bonds is 4. The molecule has 134 valence electrons. The van der Waals surface area contributed by atoms with E-state index in [1.165, 1.54) is 24.5 Å². The van der Waals surface area contributed by atoms with Crippen molar-refractivity contribution in [3.8, 4) is 28.1 Å². The minimum atomic E-state index is -2.91. The fraction of sp³-hybridized carbons (Fsp3) is 0.0500. The molecule has 0 unspecified atom stereocenters. The van der Waals surface area contributed by atoms with Gasteiger partial charge in [0.2, 0.25) is 0 Å². The third-order valence-corrected chi connectivity index (χ3v) is 4.37. The van der Waals surface area contributed by atoms with Crippen LogP contribution in [0.15, 0.2) is 67.3 Å². The standard InChI is InChI=1S/C20H12ClF2N3O/c21-17-5-4-14(27-20(22)23)9-16(17)19-15(2-1-7-25-19)12-3-6-18-13(8-12)10-24-11-26-18/h1-11,20H. The Hall–Kier alpha value is -3.12. The molecule has 0 radical (unpaired) electrons. The fourth-order valence-corrected chi connectivity index (χ4v) is 3.07. The monoisotopic (exact) mass is 383 g/mol. The van der Waals surface area contributed by atoms with Crippen LogP contribution >= 0.6 is 11.6 Å². The van der Waals surface area contributed by atoms with Gasteiger partial charge >= 0.3 is 6.61 Å². The van der Waals surface area contributed by atoms with E-state index in [0.717, 1.165) is 22.0 Å². The Labute approximate surface area is 158 Å². The lowest BCUT2D eigenvalue weighted by Crippen LogP contribution is -2.02. The number of pyridine rings is 1. The number of halogens is 3. The van der Waals surface area contributed by atoms with Crippen molar-refractivity contribution in [2.75, 3.05) is 0 Å². The molecule has 0 amide bonds. The normalized spacial score (nSPS) is 11.1. The molecule has 0 spiro atoms. The molecule has 0 aliphatic heterocycles. The molecule has 7 heteroatoms. The number of aromatic nitrogens is 3. The summed E-state index contributed by atoms with van der Waals surface area (Å²) in [6.07, 6.45) is 4.84. The molecule has 0 aliphatic carbocycles. The van der Waals surface area contributed by atoms with Crippen molar-refractivity contribution in [2.45, 2.75) is 6.61 Å². The van der Waals surface area contributed by atoms with E-state index in [9.17, 15) is 8.78 Å². The smallest absolute Gasteiger partial charge is 0.387 e. The van der Waals surface area contributed by atoms with Gasteiger partial charge in [0.05, 0.1) is 16.2 Å². The molecule has 0 saturated heterocycles. The van der Waals surface area contributed by atoms with Crippen LogP contribution in [-0.2, 0) is 0 Å². The fourth-order valence-electron chi connectivity index (χ4n) is 2.87. The number of benzene rings is 2. The van der Waals surface area contributed by atoms with Crippen LogP contribution in [-0.4, -0.2) is 21.6 Å².